The number of thiophene rings is 1. The van der Waals surface area contributed by atoms with Crippen molar-refractivity contribution in [1.29, 1.82) is 0 Å². The van der Waals surface area contributed by atoms with E-state index in [1.807, 2.05) is 42.6 Å². The SMILES string of the molecule is CCN(c1cccs1)[C@@H](CC(=O)O)c1ccccc1Cl.Cl. The number of carbonyl (C=O) groups is 1. The molecule has 0 fully saturated rings. The van der Waals surface area contributed by atoms with Gasteiger partial charge in [0.1, 0.15) is 0 Å². The van der Waals surface area contributed by atoms with Gasteiger partial charge >= 0.3 is 5.97 Å². The van der Waals surface area contributed by atoms with Gasteiger partial charge in [-0.1, -0.05) is 29.8 Å². The van der Waals surface area contributed by atoms with Crippen LogP contribution in [-0.2, 0) is 4.79 Å². The van der Waals surface area contributed by atoms with Gasteiger partial charge in [0, 0.05) is 11.6 Å². The monoisotopic (exact) mass is 345 g/mol. The molecule has 1 aromatic heterocycles. The van der Waals surface area contributed by atoms with Crippen LogP contribution in [0.4, 0.5) is 5.00 Å². The van der Waals surface area contributed by atoms with Gasteiger partial charge in [-0.25, -0.2) is 0 Å². The average Bonchev–Trinajstić information content (AvgIpc) is 2.92. The third-order valence-corrected chi connectivity index (χ3v) is 4.39. The van der Waals surface area contributed by atoms with Crippen molar-refractivity contribution in [3.05, 3.63) is 52.4 Å². The molecule has 3 nitrogen and oxygen atoms in total. The van der Waals surface area contributed by atoms with Crippen molar-refractivity contribution in [3.8, 4) is 0 Å². The molecule has 0 saturated heterocycles. The van der Waals surface area contributed by atoms with Gasteiger partial charge < -0.3 is 10.0 Å². The Bertz CT molecular complexity index is 575. The standard InChI is InChI=1S/C15H16ClNO2S.ClH/c1-2-17(14-8-5-9-20-14)13(10-15(18)19)11-6-3-4-7-12(11)16;/h3-9,13H,2,10H2,1H3,(H,18,19);1H/t13-;/m0./s1. The van der Waals surface area contributed by atoms with Crippen LogP contribution in [0.2, 0.25) is 5.02 Å². The summed E-state index contributed by atoms with van der Waals surface area (Å²) in [5.41, 5.74) is 0.854. The summed E-state index contributed by atoms with van der Waals surface area (Å²) < 4.78 is 0. The number of carboxylic acids is 1. The van der Waals surface area contributed by atoms with Gasteiger partial charge in [0.2, 0.25) is 0 Å². The second-order valence-electron chi connectivity index (χ2n) is 4.37. The van der Waals surface area contributed by atoms with Crippen molar-refractivity contribution in [1.82, 2.24) is 0 Å². The maximum absolute atomic E-state index is 11.2. The number of hydrogen-bond donors (Lipinski definition) is 1. The van der Waals surface area contributed by atoms with Gasteiger partial charge in [-0.05, 0) is 36.1 Å². The molecule has 1 atom stereocenters. The van der Waals surface area contributed by atoms with Gasteiger partial charge in [0.05, 0.1) is 17.5 Å². The van der Waals surface area contributed by atoms with Gasteiger partial charge in [-0.15, -0.1) is 23.7 Å². The highest BCUT2D eigenvalue weighted by molar-refractivity contribution is 7.14. The Hall–Kier alpha value is -1.23. The quantitative estimate of drug-likeness (QED) is 0.812. The van der Waals surface area contributed by atoms with Crippen molar-refractivity contribution in [2.24, 2.45) is 0 Å². The van der Waals surface area contributed by atoms with Crippen molar-refractivity contribution >= 4 is 46.3 Å². The minimum absolute atomic E-state index is 0. The molecule has 0 amide bonds. The van der Waals surface area contributed by atoms with Gasteiger partial charge in [-0.3, -0.25) is 4.79 Å². The zero-order valence-corrected chi connectivity index (χ0v) is 13.9. The average molecular weight is 346 g/mol. The molecule has 114 valence electrons. The molecule has 1 heterocycles. The molecule has 1 N–H and O–H groups in total. The zero-order chi connectivity index (χ0) is 14.5. The number of benzene rings is 1. The number of nitrogens with zero attached hydrogens (tertiary/aromatic N) is 1. The number of anilines is 1. The van der Waals surface area contributed by atoms with E-state index in [9.17, 15) is 9.90 Å². The third-order valence-electron chi connectivity index (χ3n) is 3.14. The zero-order valence-electron chi connectivity index (χ0n) is 11.5. The topological polar surface area (TPSA) is 40.5 Å². The van der Waals surface area contributed by atoms with E-state index in [4.69, 9.17) is 11.6 Å². The van der Waals surface area contributed by atoms with Crippen LogP contribution in [0.5, 0.6) is 0 Å². The largest absolute Gasteiger partial charge is 0.481 e. The Morgan fingerprint density at radius 3 is 2.57 bits per heavy atom. The van der Waals surface area contributed by atoms with E-state index in [1.54, 1.807) is 17.4 Å². The first kappa shape index (κ1) is 17.8. The number of hydrogen-bond acceptors (Lipinski definition) is 3. The summed E-state index contributed by atoms with van der Waals surface area (Å²) in [5, 5.41) is 12.9. The van der Waals surface area contributed by atoms with Crippen molar-refractivity contribution in [3.63, 3.8) is 0 Å². The van der Waals surface area contributed by atoms with E-state index in [0.717, 1.165) is 17.1 Å². The van der Waals surface area contributed by atoms with Crippen LogP contribution < -0.4 is 4.90 Å². The summed E-state index contributed by atoms with van der Waals surface area (Å²) >= 11 is 7.85. The van der Waals surface area contributed by atoms with E-state index in [2.05, 4.69) is 4.90 Å². The van der Waals surface area contributed by atoms with E-state index in [1.165, 1.54) is 0 Å². The minimum atomic E-state index is -0.829. The number of aliphatic carboxylic acids is 1. The Balaban J connectivity index is 0.00000220. The van der Waals surface area contributed by atoms with Crippen LogP contribution in [-0.4, -0.2) is 17.6 Å². The van der Waals surface area contributed by atoms with E-state index in [-0.39, 0.29) is 24.9 Å². The summed E-state index contributed by atoms with van der Waals surface area (Å²) in [7, 11) is 0. The van der Waals surface area contributed by atoms with Gasteiger partial charge in [0.15, 0.2) is 0 Å². The fourth-order valence-electron chi connectivity index (χ4n) is 2.26. The number of rotatable bonds is 6. The molecule has 6 heteroatoms. The Kier molecular flexibility index (Phi) is 7.02. The van der Waals surface area contributed by atoms with Crippen LogP contribution in [0.1, 0.15) is 24.9 Å². The maximum atomic E-state index is 11.2. The minimum Gasteiger partial charge on any atom is -0.481 e. The molecular formula is C15H17Cl2NO2S. The highest BCUT2D eigenvalue weighted by Crippen LogP contribution is 2.35. The normalized spacial score (nSPS) is 11.5. The lowest BCUT2D eigenvalue weighted by molar-refractivity contribution is -0.137. The summed E-state index contributed by atoms with van der Waals surface area (Å²) in [6.07, 6.45) is 0.0233. The Morgan fingerprint density at radius 1 is 1.33 bits per heavy atom. The number of carboxylic acid groups (broad SMARTS) is 1. The molecule has 0 aliphatic rings. The first-order chi connectivity index (χ1) is 9.63. The summed E-state index contributed by atoms with van der Waals surface area (Å²) in [5.74, 6) is -0.829. The molecular weight excluding hydrogens is 329 g/mol. The second-order valence-corrected chi connectivity index (χ2v) is 5.71. The van der Waals surface area contributed by atoms with Gasteiger partial charge in [0.25, 0.3) is 0 Å². The lowest BCUT2D eigenvalue weighted by atomic mass is 10.0. The van der Waals surface area contributed by atoms with Crippen molar-refractivity contribution in [2.75, 3.05) is 11.4 Å². The van der Waals surface area contributed by atoms with Crippen LogP contribution in [0, 0.1) is 0 Å². The van der Waals surface area contributed by atoms with Crippen LogP contribution in [0.3, 0.4) is 0 Å². The van der Waals surface area contributed by atoms with Crippen LogP contribution >= 0.6 is 35.3 Å². The molecule has 0 bridgehead atoms. The third kappa shape index (κ3) is 4.37. The summed E-state index contributed by atoms with van der Waals surface area (Å²) in [4.78, 5) is 13.3. The molecule has 21 heavy (non-hydrogen) atoms. The fraction of sp³-hybridized carbons (Fsp3) is 0.267. The van der Waals surface area contributed by atoms with Gasteiger partial charge in [-0.2, -0.15) is 0 Å². The lowest BCUT2D eigenvalue weighted by Gasteiger charge is -2.31. The number of halogens is 2. The summed E-state index contributed by atoms with van der Waals surface area (Å²) in [6, 6.07) is 11.1. The highest BCUT2D eigenvalue weighted by atomic mass is 35.5. The maximum Gasteiger partial charge on any atom is 0.305 e. The molecule has 0 spiro atoms. The molecule has 1 aromatic carbocycles. The second kappa shape index (κ2) is 8.27. The molecule has 0 aliphatic carbocycles. The van der Waals surface area contributed by atoms with E-state index >= 15 is 0 Å². The predicted molar refractivity (Wildman–Crippen MR) is 91.0 cm³/mol. The Labute approximate surface area is 139 Å². The summed E-state index contributed by atoms with van der Waals surface area (Å²) in [6.45, 7) is 2.75. The predicted octanol–water partition coefficient (Wildman–Crippen LogP) is 4.87. The molecule has 0 aliphatic heterocycles. The first-order valence-electron chi connectivity index (χ1n) is 6.39. The molecule has 0 unspecified atom stereocenters. The van der Waals surface area contributed by atoms with Crippen LogP contribution in [0.25, 0.3) is 0 Å². The molecule has 2 aromatic rings. The van der Waals surface area contributed by atoms with E-state index in [0.29, 0.717) is 5.02 Å². The van der Waals surface area contributed by atoms with Crippen LogP contribution in [0.15, 0.2) is 41.8 Å². The Morgan fingerprint density at radius 2 is 2.05 bits per heavy atom. The van der Waals surface area contributed by atoms with Crippen molar-refractivity contribution in [2.45, 2.75) is 19.4 Å². The fourth-order valence-corrected chi connectivity index (χ4v) is 3.37. The lowest BCUT2D eigenvalue weighted by Crippen LogP contribution is -2.29. The highest BCUT2D eigenvalue weighted by Gasteiger charge is 2.24. The smallest absolute Gasteiger partial charge is 0.305 e. The molecule has 0 radical (unpaired) electrons. The molecule has 0 saturated carbocycles. The first-order valence-corrected chi connectivity index (χ1v) is 7.65. The molecule has 2 rings (SSSR count). The van der Waals surface area contributed by atoms with Crippen molar-refractivity contribution < 1.29 is 9.90 Å². The van der Waals surface area contributed by atoms with E-state index < -0.39 is 5.97 Å².